The van der Waals surface area contributed by atoms with E-state index in [2.05, 4.69) is 10.1 Å². The van der Waals surface area contributed by atoms with Crippen molar-refractivity contribution in [3.05, 3.63) is 17.5 Å². The molecule has 0 saturated heterocycles. The van der Waals surface area contributed by atoms with Crippen LogP contribution in [0.15, 0.2) is 6.20 Å². The summed E-state index contributed by atoms with van der Waals surface area (Å²) in [4.78, 5) is 15.5. The first-order valence-electron chi connectivity index (χ1n) is 6.16. The molecule has 7 heteroatoms. The minimum Gasteiger partial charge on any atom is -0.486 e. The van der Waals surface area contributed by atoms with Crippen LogP contribution in [0, 0.1) is 6.92 Å². The van der Waals surface area contributed by atoms with Gasteiger partial charge in [0.15, 0.2) is 5.65 Å². The van der Waals surface area contributed by atoms with Gasteiger partial charge in [-0.1, -0.05) is 0 Å². The van der Waals surface area contributed by atoms with E-state index in [1.807, 2.05) is 6.92 Å². The smallest absolute Gasteiger partial charge is 0.341 e. The maximum atomic E-state index is 11.3. The predicted octanol–water partition coefficient (Wildman–Crippen LogP) is 1.39. The molecule has 0 amide bonds. The SMILES string of the molecule is COCC(C)Oc1c(C(=O)O)cnc2c1c(C)nn2C. The Morgan fingerprint density at radius 1 is 1.55 bits per heavy atom. The number of nitrogens with zero attached hydrogens (tertiary/aromatic N) is 3. The third-order valence-electron chi connectivity index (χ3n) is 2.93. The van der Waals surface area contributed by atoms with E-state index in [1.54, 1.807) is 25.8 Å². The minimum absolute atomic E-state index is 0.0246. The molecular formula is C13H17N3O4. The molecule has 0 bridgehead atoms. The van der Waals surface area contributed by atoms with E-state index >= 15 is 0 Å². The number of carboxylic acid groups (broad SMARTS) is 1. The lowest BCUT2D eigenvalue weighted by atomic mass is 10.1. The summed E-state index contributed by atoms with van der Waals surface area (Å²) >= 11 is 0. The van der Waals surface area contributed by atoms with Gasteiger partial charge >= 0.3 is 5.97 Å². The molecule has 7 nitrogen and oxygen atoms in total. The van der Waals surface area contributed by atoms with Crippen molar-refractivity contribution < 1.29 is 19.4 Å². The Bertz CT molecular complexity index is 651. The zero-order valence-corrected chi connectivity index (χ0v) is 11.9. The van der Waals surface area contributed by atoms with Crippen LogP contribution in [0.5, 0.6) is 5.75 Å². The van der Waals surface area contributed by atoms with E-state index in [0.29, 0.717) is 23.3 Å². The van der Waals surface area contributed by atoms with E-state index < -0.39 is 5.97 Å². The summed E-state index contributed by atoms with van der Waals surface area (Å²) < 4.78 is 12.4. The molecule has 2 rings (SSSR count). The highest BCUT2D eigenvalue weighted by Crippen LogP contribution is 2.31. The highest BCUT2D eigenvalue weighted by atomic mass is 16.5. The first-order chi connectivity index (χ1) is 9.45. The molecule has 1 N–H and O–H groups in total. The fraction of sp³-hybridized carbons (Fsp3) is 0.462. The van der Waals surface area contributed by atoms with Gasteiger partial charge in [0.2, 0.25) is 0 Å². The number of hydrogen-bond donors (Lipinski definition) is 1. The van der Waals surface area contributed by atoms with Gasteiger partial charge in [-0.2, -0.15) is 5.10 Å². The number of methoxy groups -OCH3 is 1. The number of hydrogen-bond acceptors (Lipinski definition) is 5. The van der Waals surface area contributed by atoms with Crippen molar-refractivity contribution in [3.63, 3.8) is 0 Å². The predicted molar refractivity (Wildman–Crippen MR) is 72.2 cm³/mol. The van der Waals surface area contributed by atoms with Gasteiger partial charge in [-0.3, -0.25) is 4.68 Å². The molecule has 0 saturated carbocycles. The van der Waals surface area contributed by atoms with Crippen LogP contribution in [-0.4, -0.2) is 45.7 Å². The Labute approximate surface area is 116 Å². The summed E-state index contributed by atoms with van der Waals surface area (Å²) in [5, 5.41) is 14.2. The van der Waals surface area contributed by atoms with Crippen LogP contribution in [0.25, 0.3) is 11.0 Å². The van der Waals surface area contributed by atoms with Gasteiger partial charge in [0.1, 0.15) is 17.4 Å². The average Bonchev–Trinajstić information content (AvgIpc) is 2.65. The van der Waals surface area contributed by atoms with Gasteiger partial charge < -0.3 is 14.6 Å². The Morgan fingerprint density at radius 2 is 2.25 bits per heavy atom. The molecule has 2 heterocycles. The van der Waals surface area contributed by atoms with Crippen molar-refractivity contribution in [1.29, 1.82) is 0 Å². The number of aromatic carboxylic acids is 1. The van der Waals surface area contributed by atoms with Crippen molar-refractivity contribution in [2.45, 2.75) is 20.0 Å². The number of aromatic nitrogens is 3. The van der Waals surface area contributed by atoms with Gasteiger partial charge in [0, 0.05) is 20.4 Å². The van der Waals surface area contributed by atoms with Gasteiger partial charge in [0.25, 0.3) is 0 Å². The summed E-state index contributed by atoms with van der Waals surface area (Å²) in [6, 6.07) is 0. The van der Waals surface area contributed by atoms with Crippen molar-refractivity contribution in [3.8, 4) is 5.75 Å². The number of aryl methyl sites for hydroxylation is 2. The summed E-state index contributed by atoms with van der Waals surface area (Å²) in [5.74, 6) is -0.792. The standard InChI is InChI=1S/C13H17N3O4/c1-7(6-19-4)20-11-9(13(17)18)5-14-12-10(11)8(2)15-16(12)3/h5,7H,6H2,1-4H3,(H,17,18). The van der Waals surface area contributed by atoms with Gasteiger partial charge in [0.05, 0.1) is 17.7 Å². The minimum atomic E-state index is -1.08. The first-order valence-corrected chi connectivity index (χ1v) is 6.16. The molecule has 2 aromatic rings. The topological polar surface area (TPSA) is 86.5 Å². The fourth-order valence-corrected chi connectivity index (χ4v) is 2.12. The maximum Gasteiger partial charge on any atom is 0.341 e. The second-order valence-electron chi connectivity index (χ2n) is 4.60. The first kappa shape index (κ1) is 14.3. The van der Waals surface area contributed by atoms with E-state index in [-0.39, 0.29) is 17.4 Å². The molecule has 2 aromatic heterocycles. The normalized spacial score (nSPS) is 12.6. The second-order valence-corrected chi connectivity index (χ2v) is 4.60. The van der Waals surface area contributed by atoms with Crippen molar-refractivity contribution in [2.24, 2.45) is 7.05 Å². The summed E-state index contributed by atoms with van der Waals surface area (Å²) in [6.07, 6.45) is 1.02. The molecule has 108 valence electrons. The van der Waals surface area contributed by atoms with Crippen molar-refractivity contribution in [2.75, 3.05) is 13.7 Å². The third kappa shape index (κ3) is 2.44. The number of fused-ring (bicyclic) bond motifs is 1. The number of pyridine rings is 1. The van der Waals surface area contributed by atoms with Crippen molar-refractivity contribution in [1.82, 2.24) is 14.8 Å². The lowest BCUT2D eigenvalue weighted by Crippen LogP contribution is -2.20. The highest BCUT2D eigenvalue weighted by molar-refractivity contribution is 5.98. The molecule has 1 atom stereocenters. The highest BCUT2D eigenvalue weighted by Gasteiger charge is 2.22. The zero-order valence-electron chi connectivity index (χ0n) is 11.9. The molecule has 0 spiro atoms. The molecule has 0 radical (unpaired) electrons. The summed E-state index contributed by atoms with van der Waals surface area (Å²) in [5.41, 5.74) is 1.29. The molecule has 20 heavy (non-hydrogen) atoms. The van der Waals surface area contributed by atoms with E-state index in [0.717, 1.165) is 0 Å². The number of carbonyl (C=O) groups is 1. The van der Waals surface area contributed by atoms with Crippen LogP contribution < -0.4 is 4.74 Å². The Hall–Kier alpha value is -2.15. The monoisotopic (exact) mass is 279 g/mol. The third-order valence-corrected chi connectivity index (χ3v) is 2.93. The van der Waals surface area contributed by atoms with E-state index in [4.69, 9.17) is 9.47 Å². The van der Waals surface area contributed by atoms with E-state index in [9.17, 15) is 9.90 Å². The Kier molecular flexibility index (Phi) is 3.89. The van der Waals surface area contributed by atoms with Crippen molar-refractivity contribution >= 4 is 17.0 Å². The van der Waals surface area contributed by atoms with Crippen LogP contribution in [0.2, 0.25) is 0 Å². The molecule has 0 aliphatic carbocycles. The lowest BCUT2D eigenvalue weighted by Gasteiger charge is -2.16. The van der Waals surface area contributed by atoms with Crippen LogP contribution in [0.3, 0.4) is 0 Å². The molecule has 0 aliphatic heterocycles. The largest absolute Gasteiger partial charge is 0.486 e. The van der Waals surface area contributed by atoms with Crippen LogP contribution in [0.4, 0.5) is 0 Å². The summed E-state index contributed by atoms with van der Waals surface area (Å²) in [7, 11) is 3.32. The molecule has 0 aliphatic rings. The Balaban J connectivity index is 2.62. The van der Waals surface area contributed by atoms with Gasteiger partial charge in [-0.25, -0.2) is 9.78 Å². The van der Waals surface area contributed by atoms with E-state index in [1.165, 1.54) is 6.20 Å². The van der Waals surface area contributed by atoms with Crippen LogP contribution >= 0.6 is 0 Å². The zero-order chi connectivity index (χ0) is 14.9. The van der Waals surface area contributed by atoms with Crippen LogP contribution in [0.1, 0.15) is 23.0 Å². The maximum absolute atomic E-state index is 11.3. The molecule has 0 fully saturated rings. The Morgan fingerprint density at radius 3 is 2.85 bits per heavy atom. The quantitative estimate of drug-likeness (QED) is 0.890. The van der Waals surface area contributed by atoms with Crippen LogP contribution in [-0.2, 0) is 11.8 Å². The molecule has 1 unspecified atom stereocenters. The van der Waals surface area contributed by atoms with Gasteiger partial charge in [-0.05, 0) is 13.8 Å². The summed E-state index contributed by atoms with van der Waals surface area (Å²) in [6.45, 7) is 3.97. The second kappa shape index (κ2) is 5.46. The number of rotatable bonds is 5. The fourth-order valence-electron chi connectivity index (χ4n) is 2.12. The average molecular weight is 279 g/mol. The van der Waals surface area contributed by atoms with Gasteiger partial charge in [-0.15, -0.1) is 0 Å². The molecule has 0 aromatic carbocycles. The number of carboxylic acids is 1. The number of ether oxygens (including phenoxy) is 2. The molecular weight excluding hydrogens is 262 g/mol. The lowest BCUT2D eigenvalue weighted by molar-refractivity contribution is 0.0675.